The first-order valence-corrected chi connectivity index (χ1v) is 4.55. The van der Waals surface area contributed by atoms with Crippen molar-refractivity contribution < 1.29 is 8.78 Å². The second-order valence-electron chi connectivity index (χ2n) is 4.67. The van der Waals surface area contributed by atoms with E-state index >= 15 is 0 Å². The Morgan fingerprint density at radius 3 is 2.00 bits per heavy atom. The highest BCUT2D eigenvalue weighted by Crippen LogP contribution is 2.35. The Hall–Kier alpha value is -0.930. The zero-order valence-corrected chi connectivity index (χ0v) is 9.23. The van der Waals surface area contributed by atoms with E-state index in [0.717, 1.165) is 6.92 Å². The Bertz CT molecular complexity index is 329. The molecule has 0 radical (unpaired) electrons. The number of rotatable bonds is 1. The molecular weight excluding hydrogens is 186 g/mol. The second-order valence-corrected chi connectivity index (χ2v) is 4.67. The predicted octanol–water partition coefficient (Wildman–Crippen LogP) is 2.83. The molecule has 0 atom stereocenters. The van der Waals surface area contributed by atoms with E-state index in [1.807, 2.05) is 20.8 Å². The van der Waals surface area contributed by atoms with Gasteiger partial charge in [0.2, 0.25) is 0 Å². The molecule has 1 aromatic heterocycles. The van der Waals surface area contributed by atoms with Crippen LogP contribution in [-0.4, -0.2) is 9.78 Å². The molecule has 0 spiro atoms. The van der Waals surface area contributed by atoms with Gasteiger partial charge in [-0.3, -0.25) is 4.68 Å². The van der Waals surface area contributed by atoms with Gasteiger partial charge >= 0.3 is 0 Å². The smallest absolute Gasteiger partial charge is 0.266 e. The van der Waals surface area contributed by atoms with Crippen molar-refractivity contribution in [1.82, 2.24) is 9.78 Å². The highest BCUT2D eigenvalue weighted by molar-refractivity contribution is 5.28. The number of alkyl halides is 2. The average molecular weight is 202 g/mol. The number of nitrogens with zero attached hydrogens (tertiary/aromatic N) is 2. The van der Waals surface area contributed by atoms with Crippen LogP contribution in [0.1, 0.15) is 39.0 Å². The summed E-state index contributed by atoms with van der Waals surface area (Å²) in [6.45, 7) is 6.61. The van der Waals surface area contributed by atoms with Gasteiger partial charge in [0.1, 0.15) is 5.69 Å². The lowest BCUT2D eigenvalue weighted by molar-refractivity contribution is 0.00703. The quantitative estimate of drug-likeness (QED) is 0.684. The second kappa shape index (κ2) is 3.04. The molecule has 0 aromatic carbocycles. The van der Waals surface area contributed by atoms with Crippen molar-refractivity contribution in [3.05, 3.63) is 17.5 Å². The van der Waals surface area contributed by atoms with Gasteiger partial charge in [-0.25, -0.2) is 0 Å². The van der Waals surface area contributed by atoms with E-state index in [2.05, 4.69) is 5.10 Å². The first kappa shape index (κ1) is 11.1. The van der Waals surface area contributed by atoms with Crippen LogP contribution in [0.2, 0.25) is 0 Å². The minimum Gasteiger partial charge on any atom is -0.266 e. The standard InChI is InChI=1S/C10H16F2N2/c1-9(2,3)7-6-13-14(5)8(7)10(4,11)12/h6H,1-5H3. The number of hydrogen-bond acceptors (Lipinski definition) is 1. The molecule has 0 amide bonds. The number of hydrogen-bond donors (Lipinski definition) is 0. The highest BCUT2D eigenvalue weighted by atomic mass is 19.3. The molecule has 0 saturated carbocycles. The molecule has 0 N–H and O–H groups in total. The van der Waals surface area contributed by atoms with Gasteiger partial charge in [-0.2, -0.15) is 13.9 Å². The Morgan fingerprint density at radius 2 is 1.71 bits per heavy atom. The molecule has 0 bridgehead atoms. The molecular formula is C10H16F2N2. The average Bonchev–Trinajstić information content (AvgIpc) is 2.27. The fourth-order valence-electron chi connectivity index (χ4n) is 1.51. The van der Waals surface area contributed by atoms with E-state index in [1.54, 1.807) is 7.05 Å². The van der Waals surface area contributed by atoms with Gasteiger partial charge in [-0.05, 0) is 5.41 Å². The molecule has 0 aliphatic carbocycles. The predicted molar refractivity (Wildman–Crippen MR) is 51.5 cm³/mol. The van der Waals surface area contributed by atoms with Crippen LogP contribution in [0, 0.1) is 0 Å². The maximum atomic E-state index is 13.3. The normalized spacial score (nSPS) is 13.4. The van der Waals surface area contributed by atoms with E-state index in [0.29, 0.717) is 5.56 Å². The van der Waals surface area contributed by atoms with Gasteiger partial charge in [-0.15, -0.1) is 0 Å². The molecule has 0 unspecified atom stereocenters. The van der Waals surface area contributed by atoms with Crippen LogP contribution < -0.4 is 0 Å². The Labute approximate surface area is 82.9 Å². The van der Waals surface area contributed by atoms with Gasteiger partial charge < -0.3 is 0 Å². The summed E-state index contributed by atoms with van der Waals surface area (Å²) in [5.74, 6) is -2.84. The zero-order valence-electron chi connectivity index (χ0n) is 9.23. The highest BCUT2D eigenvalue weighted by Gasteiger charge is 2.35. The number of aryl methyl sites for hydroxylation is 1. The van der Waals surface area contributed by atoms with Gasteiger partial charge in [0, 0.05) is 19.5 Å². The molecule has 0 saturated heterocycles. The van der Waals surface area contributed by atoms with Crippen LogP contribution in [0.15, 0.2) is 6.20 Å². The summed E-state index contributed by atoms with van der Waals surface area (Å²) < 4.78 is 27.8. The fourth-order valence-corrected chi connectivity index (χ4v) is 1.51. The van der Waals surface area contributed by atoms with Crippen LogP contribution in [-0.2, 0) is 18.4 Å². The lowest BCUT2D eigenvalue weighted by atomic mass is 9.86. The van der Waals surface area contributed by atoms with Crippen molar-refractivity contribution in [1.29, 1.82) is 0 Å². The summed E-state index contributed by atoms with van der Waals surface area (Å²) in [7, 11) is 1.54. The summed E-state index contributed by atoms with van der Waals surface area (Å²) in [4.78, 5) is 0. The van der Waals surface area contributed by atoms with E-state index in [-0.39, 0.29) is 11.1 Å². The molecule has 4 heteroatoms. The lowest BCUT2D eigenvalue weighted by Crippen LogP contribution is -2.21. The van der Waals surface area contributed by atoms with Crippen LogP contribution in [0.25, 0.3) is 0 Å². The summed E-state index contributed by atoms with van der Waals surface area (Å²) in [5, 5.41) is 3.89. The third-order valence-electron chi connectivity index (χ3n) is 2.16. The van der Waals surface area contributed by atoms with Gasteiger partial charge in [0.25, 0.3) is 5.92 Å². The molecule has 0 aliphatic heterocycles. The zero-order chi connectivity index (χ0) is 11.1. The van der Waals surface area contributed by atoms with Crippen LogP contribution >= 0.6 is 0 Å². The summed E-state index contributed by atoms with van der Waals surface area (Å²) in [6, 6.07) is 0. The van der Waals surface area contributed by atoms with Gasteiger partial charge in [0.15, 0.2) is 0 Å². The van der Waals surface area contributed by atoms with Crippen molar-refractivity contribution in [3.8, 4) is 0 Å². The Morgan fingerprint density at radius 1 is 1.21 bits per heavy atom. The minimum atomic E-state index is -2.84. The largest absolute Gasteiger partial charge is 0.286 e. The molecule has 1 heterocycles. The van der Waals surface area contributed by atoms with Gasteiger partial charge in [0.05, 0.1) is 6.20 Å². The number of aromatic nitrogens is 2. The van der Waals surface area contributed by atoms with Crippen LogP contribution in [0.5, 0.6) is 0 Å². The van der Waals surface area contributed by atoms with Crippen LogP contribution in [0.3, 0.4) is 0 Å². The third kappa shape index (κ3) is 1.94. The van der Waals surface area contributed by atoms with E-state index in [4.69, 9.17) is 0 Å². The van der Waals surface area contributed by atoms with E-state index < -0.39 is 5.92 Å². The van der Waals surface area contributed by atoms with Crippen molar-refractivity contribution >= 4 is 0 Å². The lowest BCUT2D eigenvalue weighted by Gasteiger charge is -2.22. The Balaban J connectivity index is 3.35. The van der Waals surface area contributed by atoms with Crippen molar-refractivity contribution in [2.45, 2.75) is 39.0 Å². The third-order valence-corrected chi connectivity index (χ3v) is 2.16. The Kier molecular flexibility index (Phi) is 2.42. The molecule has 0 fully saturated rings. The van der Waals surface area contributed by atoms with Crippen molar-refractivity contribution in [3.63, 3.8) is 0 Å². The number of halogens is 2. The first-order valence-electron chi connectivity index (χ1n) is 4.55. The first-order chi connectivity index (χ1) is 6.14. The summed E-state index contributed by atoms with van der Waals surface area (Å²) >= 11 is 0. The molecule has 0 aliphatic rings. The minimum absolute atomic E-state index is 0.00463. The maximum Gasteiger partial charge on any atom is 0.286 e. The van der Waals surface area contributed by atoms with E-state index in [1.165, 1.54) is 10.9 Å². The molecule has 2 nitrogen and oxygen atoms in total. The van der Waals surface area contributed by atoms with Crippen molar-refractivity contribution in [2.24, 2.45) is 7.05 Å². The SMILES string of the molecule is Cn1ncc(C(C)(C)C)c1C(C)(F)F. The summed E-state index contributed by atoms with van der Waals surface area (Å²) in [5.41, 5.74) is 0.306. The van der Waals surface area contributed by atoms with Gasteiger partial charge in [-0.1, -0.05) is 20.8 Å². The molecule has 1 rings (SSSR count). The van der Waals surface area contributed by atoms with Crippen molar-refractivity contribution in [2.75, 3.05) is 0 Å². The van der Waals surface area contributed by atoms with E-state index in [9.17, 15) is 8.78 Å². The molecule has 14 heavy (non-hydrogen) atoms. The van der Waals surface area contributed by atoms with Crippen LogP contribution in [0.4, 0.5) is 8.78 Å². The monoisotopic (exact) mass is 202 g/mol. The molecule has 1 aromatic rings. The maximum absolute atomic E-state index is 13.3. The fraction of sp³-hybridized carbons (Fsp3) is 0.700. The topological polar surface area (TPSA) is 17.8 Å². The summed E-state index contributed by atoms with van der Waals surface area (Å²) in [6.07, 6.45) is 1.52. The molecule has 80 valence electrons.